The molecule has 0 bridgehead atoms. The van der Waals surface area contributed by atoms with E-state index < -0.39 is 12.1 Å². The molecule has 0 saturated heterocycles. The summed E-state index contributed by atoms with van der Waals surface area (Å²) in [5, 5.41) is 26.2. The first-order valence-electron chi connectivity index (χ1n) is 13.2. The Kier molecular flexibility index (Phi) is 7.86. The first kappa shape index (κ1) is 26.7. The molecule has 1 aliphatic carbocycles. The average molecular weight is 531 g/mol. The number of benzene rings is 3. The molecule has 2 N–H and O–H groups in total. The lowest BCUT2D eigenvalue weighted by Gasteiger charge is -2.49. The Morgan fingerprint density at radius 1 is 1.03 bits per heavy atom. The van der Waals surface area contributed by atoms with Crippen LogP contribution in [0.3, 0.4) is 0 Å². The molecule has 1 fully saturated rings. The third-order valence-corrected chi connectivity index (χ3v) is 7.79. The van der Waals surface area contributed by atoms with Gasteiger partial charge in [0.1, 0.15) is 17.0 Å². The maximum atomic E-state index is 11.6. The van der Waals surface area contributed by atoms with E-state index >= 15 is 0 Å². The zero-order valence-corrected chi connectivity index (χ0v) is 22.4. The lowest BCUT2D eigenvalue weighted by molar-refractivity contribution is -0.150. The number of carbonyl (C=O) groups is 1. The number of aliphatic hydroxyl groups is 1. The van der Waals surface area contributed by atoms with E-state index in [1.807, 2.05) is 49.5 Å². The highest BCUT2D eigenvalue weighted by Crippen LogP contribution is 2.48. The van der Waals surface area contributed by atoms with Crippen LogP contribution in [0.1, 0.15) is 39.4 Å². The molecule has 0 radical (unpaired) electrons. The third kappa shape index (κ3) is 5.35. The largest absolute Gasteiger partial charge is 0.496 e. The van der Waals surface area contributed by atoms with Crippen molar-refractivity contribution in [1.29, 1.82) is 0 Å². The van der Waals surface area contributed by atoms with Crippen molar-refractivity contribution in [2.75, 3.05) is 20.8 Å². The maximum Gasteiger partial charge on any atom is 0.337 e. The number of carboxylic acid groups (broad SMARTS) is 1. The van der Waals surface area contributed by atoms with Crippen molar-refractivity contribution in [3.63, 3.8) is 0 Å². The summed E-state index contributed by atoms with van der Waals surface area (Å²) in [5.74, 6) is 0.0692. The van der Waals surface area contributed by atoms with Gasteiger partial charge >= 0.3 is 5.97 Å². The molecule has 8 heteroatoms. The Balaban J connectivity index is 1.36. The molecule has 204 valence electrons. The van der Waals surface area contributed by atoms with Gasteiger partial charge in [0, 0.05) is 35.5 Å². The van der Waals surface area contributed by atoms with E-state index in [1.54, 1.807) is 31.0 Å². The Morgan fingerprint density at radius 2 is 1.74 bits per heavy atom. The molecule has 1 saturated carbocycles. The predicted molar refractivity (Wildman–Crippen MR) is 148 cm³/mol. The van der Waals surface area contributed by atoms with Crippen LogP contribution in [0.4, 0.5) is 0 Å². The SMILES string of the molecule is COc1cc([C@H]2C(OCCc3ccccc3)[C@@H](CCn3cc4cccc(C(=O)O)c4n3)[C@@H]2O)cc(OC)c1C. The summed E-state index contributed by atoms with van der Waals surface area (Å²) in [6.07, 6.45) is 2.43. The summed E-state index contributed by atoms with van der Waals surface area (Å²) in [5.41, 5.74) is 3.66. The zero-order valence-electron chi connectivity index (χ0n) is 22.4. The lowest BCUT2D eigenvalue weighted by Crippen LogP contribution is -2.55. The number of nitrogens with zero attached hydrogens (tertiary/aromatic N) is 2. The second kappa shape index (κ2) is 11.5. The van der Waals surface area contributed by atoms with E-state index in [-0.39, 0.29) is 23.5 Å². The van der Waals surface area contributed by atoms with E-state index in [0.29, 0.717) is 36.6 Å². The highest BCUT2D eigenvalue weighted by atomic mass is 16.5. The van der Waals surface area contributed by atoms with Crippen LogP contribution in [-0.2, 0) is 17.7 Å². The molecule has 1 heterocycles. The smallest absolute Gasteiger partial charge is 0.337 e. The van der Waals surface area contributed by atoms with Gasteiger partial charge in [-0.2, -0.15) is 5.10 Å². The highest BCUT2D eigenvalue weighted by molar-refractivity contribution is 6.01. The van der Waals surface area contributed by atoms with Crippen LogP contribution in [0, 0.1) is 12.8 Å². The fourth-order valence-corrected chi connectivity index (χ4v) is 5.64. The Bertz CT molecular complexity index is 1430. The van der Waals surface area contributed by atoms with E-state index in [1.165, 1.54) is 5.56 Å². The normalized spacial score (nSPS) is 20.5. The van der Waals surface area contributed by atoms with Gasteiger partial charge in [0.15, 0.2) is 0 Å². The van der Waals surface area contributed by atoms with Crippen molar-refractivity contribution >= 4 is 16.9 Å². The highest BCUT2D eigenvalue weighted by Gasteiger charge is 2.51. The topological polar surface area (TPSA) is 103 Å². The Labute approximate surface area is 227 Å². The third-order valence-electron chi connectivity index (χ3n) is 7.79. The summed E-state index contributed by atoms with van der Waals surface area (Å²) in [6, 6.07) is 19.2. The van der Waals surface area contributed by atoms with Crippen LogP contribution in [0.5, 0.6) is 11.5 Å². The molecule has 5 rings (SSSR count). The fraction of sp³-hybridized carbons (Fsp3) is 0.355. The van der Waals surface area contributed by atoms with Crippen LogP contribution in [0.25, 0.3) is 10.9 Å². The summed E-state index contributed by atoms with van der Waals surface area (Å²) >= 11 is 0. The minimum Gasteiger partial charge on any atom is -0.496 e. The van der Waals surface area contributed by atoms with E-state index in [2.05, 4.69) is 17.2 Å². The van der Waals surface area contributed by atoms with E-state index in [0.717, 1.165) is 22.9 Å². The van der Waals surface area contributed by atoms with Gasteiger partial charge < -0.3 is 24.4 Å². The molecule has 0 amide bonds. The fourth-order valence-electron chi connectivity index (χ4n) is 5.64. The van der Waals surface area contributed by atoms with Crippen molar-refractivity contribution < 1.29 is 29.2 Å². The number of fused-ring (bicyclic) bond motifs is 1. The molecular weight excluding hydrogens is 496 g/mol. The van der Waals surface area contributed by atoms with Gasteiger partial charge in [-0.3, -0.25) is 4.68 Å². The standard InChI is InChI=1S/C31H34N2O6/c1-19-25(37-2)16-22(17-26(19)38-3)27-29(34)24(30(27)39-15-13-20-8-5-4-6-9-20)12-14-33-18-21-10-7-11-23(31(35)36)28(21)32-33/h4-11,16-18,24,27,29-30,34H,12-15H2,1-3H3,(H,35,36)/t24-,27+,29-,30?/m0/s1. The lowest BCUT2D eigenvalue weighted by atomic mass is 9.64. The average Bonchev–Trinajstić information content (AvgIpc) is 3.37. The molecule has 1 unspecified atom stereocenters. The molecule has 4 atom stereocenters. The number of ether oxygens (including phenoxy) is 3. The number of aromatic carboxylic acids is 1. The van der Waals surface area contributed by atoms with Crippen LogP contribution >= 0.6 is 0 Å². The number of aryl methyl sites for hydroxylation is 1. The number of methoxy groups -OCH3 is 2. The molecule has 0 aliphatic heterocycles. The molecule has 4 aromatic rings. The van der Waals surface area contributed by atoms with Crippen LogP contribution in [0.15, 0.2) is 66.9 Å². The summed E-state index contributed by atoms with van der Waals surface area (Å²) < 4.78 is 19.4. The molecule has 39 heavy (non-hydrogen) atoms. The van der Waals surface area contributed by atoms with E-state index in [9.17, 15) is 15.0 Å². The zero-order chi connectivity index (χ0) is 27.5. The number of rotatable bonds is 11. The van der Waals surface area contributed by atoms with Crippen molar-refractivity contribution in [2.45, 2.75) is 44.4 Å². The first-order chi connectivity index (χ1) is 18.9. The minimum absolute atomic E-state index is 0.115. The van der Waals surface area contributed by atoms with Crippen LogP contribution in [-0.4, -0.2) is 59.0 Å². The summed E-state index contributed by atoms with van der Waals surface area (Å²) in [7, 11) is 3.26. The number of hydrogen-bond acceptors (Lipinski definition) is 6. The quantitative estimate of drug-likeness (QED) is 0.286. The summed E-state index contributed by atoms with van der Waals surface area (Å²) in [6.45, 7) is 3.00. The molecule has 1 aromatic heterocycles. The second-order valence-electron chi connectivity index (χ2n) is 10.0. The van der Waals surface area contributed by atoms with Gasteiger partial charge in [0.05, 0.1) is 38.6 Å². The maximum absolute atomic E-state index is 11.6. The van der Waals surface area contributed by atoms with Gasteiger partial charge in [-0.15, -0.1) is 0 Å². The molecule has 1 aliphatic rings. The van der Waals surface area contributed by atoms with Crippen LogP contribution < -0.4 is 9.47 Å². The van der Waals surface area contributed by atoms with Gasteiger partial charge in [-0.05, 0) is 49.1 Å². The Morgan fingerprint density at radius 3 is 2.41 bits per heavy atom. The van der Waals surface area contributed by atoms with Gasteiger partial charge in [0.2, 0.25) is 0 Å². The predicted octanol–water partition coefficient (Wildman–Crippen LogP) is 4.85. The van der Waals surface area contributed by atoms with Crippen molar-refractivity contribution in [2.24, 2.45) is 5.92 Å². The number of hydrogen-bond donors (Lipinski definition) is 2. The monoisotopic (exact) mass is 530 g/mol. The first-order valence-corrected chi connectivity index (χ1v) is 13.2. The molecule has 8 nitrogen and oxygen atoms in total. The number of carboxylic acids is 1. The van der Waals surface area contributed by atoms with Gasteiger partial charge in [-0.1, -0.05) is 42.5 Å². The van der Waals surface area contributed by atoms with Gasteiger partial charge in [0.25, 0.3) is 0 Å². The minimum atomic E-state index is -1.00. The second-order valence-corrected chi connectivity index (χ2v) is 10.0. The van der Waals surface area contributed by atoms with Crippen LogP contribution in [0.2, 0.25) is 0 Å². The number of aliphatic hydroxyl groups excluding tert-OH is 1. The molecule has 3 aromatic carbocycles. The van der Waals surface area contributed by atoms with Crippen molar-refractivity contribution in [1.82, 2.24) is 9.78 Å². The van der Waals surface area contributed by atoms with E-state index in [4.69, 9.17) is 14.2 Å². The number of aromatic nitrogens is 2. The van der Waals surface area contributed by atoms with Crippen molar-refractivity contribution in [3.8, 4) is 11.5 Å². The Hall–Kier alpha value is -3.88. The van der Waals surface area contributed by atoms with Gasteiger partial charge in [-0.25, -0.2) is 4.79 Å². The molecule has 0 spiro atoms. The molecular formula is C31H34N2O6. The van der Waals surface area contributed by atoms with Crippen molar-refractivity contribution in [3.05, 3.63) is 89.1 Å². The summed E-state index contributed by atoms with van der Waals surface area (Å²) in [4.78, 5) is 11.6.